The molecule has 1 amide bonds. The number of nitrogens with zero attached hydrogens (tertiary/aromatic N) is 4. The first-order valence-corrected chi connectivity index (χ1v) is 13.0. The number of hydrogen-bond acceptors (Lipinski definition) is 6. The van der Waals surface area contributed by atoms with Crippen molar-refractivity contribution in [2.45, 2.75) is 57.5 Å². The Balaban J connectivity index is 1.30. The van der Waals surface area contributed by atoms with Crippen molar-refractivity contribution in [3.05, 3.63) is 71.1 Å². The lowest BCUT2D eigenvalue weighted by Gasteiger charge is -2.30. The zero-order chi connectivity index (χ0) is 25.9. The van der Waals surface area contributed by atoms with Crippen LogP contribution in [0.2, 0.25) is 5.02 Å². The summed E-state index contributed by atoms with van der Waals surface area (Å²) in [6.45, 7) is 4.17. The summed E-state index contributed by atoms with van der Waals surface area (Å²) in [6.07, 6.45) is 5.44. The van der Waals surface area contributed by atoms with Crippen LogP contribution in [0.25, 0.3) is 16.7 Å². The fraction of sp³-hybridized carbons (Fsp3) is 0.357. The lowest BCUT2D eigenvalue weighted by Crippen LogP contribution is -2.40. The number of benzene rings is 2. The Morgan fingerprint density at radius 3 is 2.54 bits per heavy atom. The molecule has 37 heavy (non-hydrogen) atoms. The number of hydrogen-bond donors (Lipinski definition) is 2. The van der Waals surface area contributed by atoms with Crippen LogP contribution in [0.15, 0.2) is 54.7 Å². The molecule has 8 nitrogen and oxygen atoms in total. The van der Waals surface area contributed by atoms with Gasteiger partial charge < -0.3 is 15.4 Å². The number of rotatable bonds is 7. The molecule has 0 radical (unpaired) electrons. The first-order chi connectivity index (χ1) is 17.9. The van der Waals surface area contributed by atoms with Gasteiger partial charge in [-0.05, 0) is 62.1 Å². The third kappa shape index (κ3) is 5.54. The van der Waals surface area contributed by atoms with Gasteiger partial charge in [0.1, 0.15) is 17.4 Å². The predicted molar refractivity (Wildman–Crippen MR) is 146 cm³/mol. The van der Waals surface area contributed by atoms with Crippen LogP contribution < -0.4 is 15.4 Å². The highest BCUT2D eigenvalue weighted by Gasteiger charge is 2.25. The molecule has 2 N–H and O–H groups in total. The Hall–Kier alpha value is -3.65. The van der Waals surface area contributed by atoms with Crippen LogP contribution in [0, 0.1) is 0 Å². The second-order valence-electron chi connectivity index (χ2n) is 9.76. The van der Waals surface area contributed by atoms with E-state index in [0.717, 1.165) is 54.0 Å². The molecular formula is C28H31ClN6O2. The standard InChI is InChI=1S/C28H31ClN6O2/c1-17(2)25-33-26(24-16-30-35(27(24)34-25)22-8-5-7-19(29)15-22)31-20-10-12-21(13-11-20)32-28(36)18-6-4-9-23(14-18)37-3/h4-9,14-17,20-21H,10-13H2,1-3H3,(H,32,36)(H,31,33,34). The summed E-state index contributed by atoms with van der Waals surface area (Å²) in [5.41, 5.74) is 2.22. The van der Waals surface area contributed by atoms with Crippen LogP contribution in [-0.2, 0) is 0 Å². The zero-order valence-electron chi connectivity index (χ0n) is 21.2. The van der Waals surface area contributed by atoms with Crippen LogP contribution >= 0.6 is 11.6 Å². The second-order valence-corrected chi connectivity index (χ2v) is 10.2. The number of carbonyl (C=O) groups excluding carboxylic acids is 1. The molecule has 2 aromatic heterocycles. The first-order valence-electron chi connectivity index (χ1n) is 12.6. The highest BCUT2D eigenvalue weighted by molar-refractivity contribution is 6.30. The molecule has 1 aliphatic carbocycles. The Bertz CT molecular complexity index is 1410. The van der Waals surface area contributed by atoms with E-state index >= 15 is 0 Å². The van der Waals surface area contributed by atoms with Crippen molar-refractivity contribution in [2.75, 3.05) is 12.4 Å². The molecule has 0 bridgehead atoms. The van der Waals surface area contributed by atoms with Gasteiger partial charge in [0.05, 0.1) is 24.4 Å². The molecule has 0 aliphatic heterocycles. The van der Waals surface area contributed by atoms with Gasteiger partial charge >= 0.3 is 0 Å². The van der Waals surface area contributed by atoms with E-state index in [1.54, 1.807) is 19.2 Å². The molecular weight excluding hydrogens is 488 g/mol. The number of methoxy groups -OCH3 is 1. The maximum absolute atomic E-state index is 12.7. The van der Waals surface area contributed by atoms with Gasteiger partial charge in [-0.25, -0.2) is 14.6 Å². The highest BCUT2D eigenvalue weighted by atomic mass is 35.5. The summed E-state index contributed by atoms with van der Waals surface area (Å²) in [7, 11) is 1.60. The van der Waals surface area contributed by atoms with Gasteiger partial charge in [-0.2, -0.15) is 5.10 Å². The molecule has 9 heteroatoms. The van der Waals surface area contributed by atoms with Crippen molar-refractivity contribution in [3.63, 3.8) is 0 Å². The number of nitrogens with one attached hydrogen (secondary N) is 2. The molecule has 0 saturated heterocycles. The summed E-state index contributed by atoms with van der Waals surface area (Å²) < 4.78 is 7.05. The number of carbonyl (C=O) groups is 1. The van der Waals surface area contributed by atoms with E-state index in [2.05, 4.69) is 29.6 Å². The third-order valence-electron chi connectivity index (χ3n) is 6.75. The molecule has 4 aromatic rings. The minimum atomic E-state index is -0.0668. The van der Waals surface area contributed by atoms with Crippen molar-refractivity contribution in [3.8, 4) is 11.4 Å². The summed E-state index contributed by atoms with van der Waals surface area (Å²) in [5.74, 6) is 2.33. The summed E-state index contributed by atoms with van der Waals surface area (Å²) in [5, 5.41) is 13.0. The number of fused-ring (bicyclic) bond motifs is 1. The molecule has 0 atom stereocenters. The summed E-state index contributed by atoms with van der Waals surface area (Å²) in [4.78, 5) is 22.4. The zero-order valence-corrected chi connectivity index (χ0v) is 22.0. The number of ether oxygens (including phenoxy) is 1. The molecule has 1 fully saturated rings. The average molecular weight is 519 g/mol. The van der Waals surface area contributed by atoms with E-state index in [1.807, 2.05) is 47.3 Å². The van der Waals surface area contributed by atoms with Gasteiger partial charge in [-0.3, -0.25) is 4.79 Å². The maximum Gasteiger partial charge on any atom is 0.251 e. The van der Waals surface area contributed by atoms with Crippen LogP contribution in [0.4, 0.5) is 5.82 Å². The summed E-state index contributed by atoms with van der Waals surface area (Å²) in [6, 6.07) is 15.2. The van der Waals surface area contributed by atoms with Gasteiger partial charge in [0, 0.05) is 28.6 Å². The van der Waals surface area contributed by atoms with Crippen molar-refractivity contribution >= 4 is 34.4 Å². The quantitative estimate of drug-likeness (QED) is 0.323. The first kappa shape index (κ1) is 25.0. The number of amides is 1. The van der Waals surface area contributed by atoms with Gasteiger partial charge in [0.25, 0.3) is 5.91 Å². The number of aromatic nitrogens is 4. The van der Waals surface area contributed by atoms with Crippen molar-refractivity contribution in [1.82, 2.24) is 25.1 Å². The minimum absolute atomic E-state index is 0.0668. The lowest BCUT2D eigenvalue weighted by molar-refractivity contribution is 0.0926. The maximum atomic E-state index is 12.7. The van der Waals surface area contributed by atoms with Gasteiger partial charge in [0.2, 0.25) is 0 Å². The van der Waals surface area contributed by atoms with Gasteiger partial charge in [-0.15, -0.1) is 0 Å². The van der Waals surface area contributed by atoms with Crippen molar-refractivity contribution in [2.24, 2.45) is 0 Å². The SMILES string of the molecule is COc1cccc(C(=O)NC2CCC(Nc3nc(C(C)C)nc4c3cnn4-c3cccc(Cl)c3)CC2)c1. The predicted octanol–water partition coefficient (Wildman–Crippen LogP) is 5.75. The normalized spacial score (nSPS) is 17.6. The largest absolute Gasteiger partial charge is 0.497 e. The van der Waals surface area contributed by atoms with Crippen molar-refractivity contribution < 1.29 is 9.53 Å². The molecule has 1 aliphatic rings. The molecule has 0 unspecified atom stereocenters. The molecule has 0 spiro atoms. The monoisotopic (exact) mass is 518 g/mol. The van der Waals surface area contributed by atoms with E-state index in [1.165, 1.54) is 0 Å². The average Bonchev–Trinajstić information content (AvgIpc) is 3.34. The van der Waals surface area contributed by atoms with E-state index in [9.17, 15) is 4.79 Å². The third-order valence-corrected chi connectivity index (χ3v) is 6.99. The lowest BCUT2D eigenvalue weighted by atomic mass is 9.91. The molecule has 2 heterocycles. The molecule has 5 rings (SSSR count). The van der Waals surface area contributed by atoms with Crippen molar-refractivity contribution in [1.29, 1.82) is 0 Å². The Labute approximate surface area is 221 Å². The van der Waals surface area contributed by atoms with E-state index in [4.69, 9.17) is 26.3 Å². The van der Waals surface area contributed by atoms with Crippen LogP contribution in [0.5, 0.6) is 5.75 Å². The van der Waals surface area contributed by atoms with Gasteiger partial charge in [-0.1, -0.05) is 37.6 Å². The Morgan fingerprint density at radius 2 is 1.81 bits per heavy atom. The number of anilines is 1. The number of halogens is 1. The Kier molecular flexibility index (Phi) is 7.28. The fourth-order valence-electron chi connectivity index (χ4n) is 4.70. The van der Waals surface area contributed by atoms with E-state index < -0.39 is 0 Å². The van der Waals surface area contributed by atoms with Crippen LogP contribution in [0.3, 0.4) is 0 Å². The van der Waals surface area contributed by atoms with Crippen LogP contribution in [0.1, 0.15) is 61.6 Å². The second kappa shape index (κ2) is 10.8. The molecule has 2 aromatic carbocycles. The molecule has 192 valence electrons. The van der Waals surface area contributed by atoms with E-state index in [0.29, 0.717) is 16.3 Å². The van der Waals surface area contributed by atoms with Gasteiger partial charge in [0.15, 0.2) is 5.65 Å². The fourth-order valence-corrected chi connectivity index (χ4v) is 4.88. The summed E-state index contributed by atoms with van der Waals surface area (Å²) >= 11 is 6.23. The smallest absolute Gasteiger partial charge is 0.251 e. The molecule has 1 saturated carbocycles. The van der Waals surface area contributed by atoms with E-state index in [-0.39, 0.29) is 23.9 Å². The minimum Gasteiger partial charge on any atom is -0.497 e. The topological polar surface area (TPSA) is 94.0 Å². The highest BCUT2D eigenvalue weighted by Crippen LogP contribution is 2.29. The van der Waals surface area contributed by atoms with Crippen LogP contribution in [-0.4, -0.2) is 44.8 Å². The Morgan fingerprint density at radius 1 is 1.05 bits per heavy atom.